The Hall–Kier alpha value is -2.50. The van der Waals surface area contributed by atoms with Crippen molar-refractivity contribution in [3.8, 4) is 0 Å². The van der Waals surface area contributed by atoms with Crippen LogP contribution < -0.4 is 0 Å². The van der Waals surface area contributed by atoms with Crippen molar-refractivity contribution in [2.75, 3.05) is 26.2 Å². The maximum Gasteiger partial charge on any atom is 0.226 e. The Bertz CT molecular complexity index is 1000. The number of hydrogen-bond donors (Lipinski definition) is 0. The second-order valence-corrected chi connectivity index (χ2v) is 9.32. The lowest BCUT2D eigenvalue weighted by atomic mass is 9.82. The minimum absolute atomic E-state index is 0.0104. The van der Waals surface area contributed by atoms with Gasteiger partial charge >= 0.3 is 0 Å². The summed E-state index contributed by atoms with van der Waals surface area (Å²) in [7, 11) is 0. The summed E-state index contributed by atoms with van der Waals surface area (Å²) in [6.45, 7) is 4.48. The predicted octanol–water partition coefficient (Wildman–Crippen LogP) is 4.69. The molecule has 2 heterocycles. The molecule has 2 aromatic carbocycles. The molecule has 3 aromatic rings. The van der Waals surface area contributed by atoms with Gasteiger partial charge in [-0.2, -0.15) is 0 Å². The molecule has 2 aliphatic rings. The van der Waals surface area contributed by atoms with E-state index in [0.717, 1.165) is 56.1 Å². The van der Waals surface area contributed by atoms with Crippen LogP contribution >= 0.6 is 11.3 Å². The molecule has 0 saturated carbocycles. The molecular weight excluding hydrogens is 390 g/mol. The van der Waals surface area contributed by atoms with E-state index >= 15 is 0 Å². The maximum absolute atomic E-state index is 13.5. The van der Waals surface area contributed by atoms with Crippen molar-refractivity contribution in [3.63, 3.8) is 0 Å². The fourth-order valence-electron chi connectivity index (χ4n) is 4.61. The van der Waals surface area contributed by atoms with E-state index in [1.165, 1.54) is 10.3 Å². The summed E-state index contributed by atoms with van der Waals surface area (Å²) >= 11 is 1.75. The van der Waals surface area contributed by atoms with E-state index in [2.05, 4.69) is 70.5 Å². The largest absolute Gasteiger partial charge is 0.340 e. The number of nitrogens with zero attached hydrogens (tertiary/aromatic N) is 3. The fraction of sp³-hybridized carbons (Fsp3) is 0.360. The van der Waals surface area contributed by atoms with Gasteiger partial charge in [0.1, 0.15) is 0 Å². The van der Waals surface area contributed by atoms with Crippen molar-refractivity contribution in [1.29, 1.82) is 0 Å². The van der Waals surface area contributed by atoms with E-state index in [1.54, 1.807) is 11.3 Å². The number of aromatic nitrogens is 1. The number of fused-ring (bicyclic) bond motifs is 1. The number of benzene rings is 2. The normalized spacial score (nSPS) is 22.5. The minimum atomic E-state index is 0.0104. The Morgan fingerprint density at radius 3 is 2.47 bits per heavy atom. The molecule has 1 aromatic heterocycles. The number of carbonyl (C=O) groups excluding carboxylic acids is 1. The number of amides is 1. The van der Waals surface area contributed by atoms with Crippen LogP contribution in [0.1, 0.15) is 29.3 Å². The van der Waals surface area contributed by atoms with E-state index in [0.29, 0.717) is 5.91 Å². The molecule has 1 aliphatic heterocycles. The number of rotatable bonds is 4. The molecule has 5 heteroatoms. The summed E-state index contributed by atoms with van der Waals surface area (Å²) in [6.07, 6.45) is 6.13. The summed E-state index contributed by atoms with van der Waals surface area (Å²) in [5, 5.41) is 1.11. The third-order valence-corrected chi connectivity index (χ3v) is 7.48. The van der Waals surface area contributed by atoms with Gasteiger partial charge in [-0.15, -0.1) is 11.3 Å². The van der Waals surface area contributed by atoms with Crippen LogP contribution in [0.5, 0.6) is 0 Å². The zero-order valence-electron chi connectivity index (χ0n) is 17.1. The van der Waals surface area contributed by atoms with Gasteiger partial charge in [-0.3, -0.25) is 9.69 Å². The summed E-state index contributed by atoms with van der Waals surface area (Å²) in [5.74, 6) is 0.515. The zero-order chi connectivity index (χ0) is 20.3. The van der Waals surface area contributed by atoms with Crippen molar-refractivity contribution in [1.82, 2.24) is 14.8 Å². The van der Waals surface area contributed by atoms with Crippen molar-refractivity contribution < 1.29 is 4.79 Å². The second kappa shape index (κ2) is 8.70. The zero-order valence-corrected chi connectivity index (χ0v) is 17.9. The van der Waals surface area contributed by atoms with Gasteiger partial charge in [0, 0.05) is 38.6 Å². The standard InChI is InChI=1S/C25H27N3OS/c29-25(28-16-14-27(15-17-28)18-19-8-2-1-3-9-19)21-11-5-4-10-20(21)24-26-22-12-6-7-13-23(22)30-24/h1-9,12-13,20-21H,10-11,14-18H2/t20-,21+/m1/s1. The number of piperazine rings is 1. The van der Waals surface area contributed by atoms with Gasteiger partial charge in [0.25, 0.3) is 0 Å². The first kappa shape index (κ1) is 19.5. The number of hydrogen-bond acceptors (Lipinski definition) is 4. The average Bonchev–Trinajstić information content (AvgIpc) is 3.24. The van der Waals surface area contributed by atoms with E-state index in [1.807, 2.05) is 6.07 Å². The quantitative estimate of drug-likeness (QED) is 0.578. The summed E-state index contributed by atoms with van der Waals surface area (Å²) in [5.41, 5.74) is 2.39. The van der Waals surface area contributed by atoms with E-state index < -0.39 is 0 Å². The Morgan fingerprint density at radius 2 is 1.67 bits per heavy atom. The third kappa shape index (κ3) is 4.05. The molecular formula is C25H27N3OS. The second-order valence-electron chi connectivity index (χ2n) is 8.26. The van der Waals surface area contributed by atoms with Crippen molar-refractivity contribution in [2.45, 2.75) is 25.3 Å². The Labute approximate surface area is 181 Å². The molecule has 0 unspecified atom stereocenters. The molecule has 1 aliphatic carbocycles. The van der Waals surface area contributed by atoms with Crippen LogP contribution in [0.2, 0.25) is 0 Å². The summed E-state index contributed by atoms with van der Waals surface area (Å²) in [4.78, 5) is 22.9. The van der Waals surface area contributed by atoms with Crippen molar-refractivity contribution >= 4 is 27.5 Å². The van der Waals surface area contributed by atoms with Gasteiger partial charge in [0.15, 0.2) is 0 Å². The lowest BCUT2D eigenvalue weighted by Crippen LogP contribution is -2.50. The molecule has 2 atom stereocenters. The first-order valence-electron chi connectivity index (χ1n) is 10.8. The molecule has 0 bridgehead atoms. The molecule has 0 spiro atoms. The molecule has 1 amide bonds. The van der Waals surface area contributed by atoms with Gasteiger partial charge < -0.3 is 4.90 Å². The maximum atomic E-state index is 13.5. The highest BCUT2D eigenvalue weighted by Gasteiger charge is 2.35. The fourth-order valence-corrected chi connectivity index (χ4v) is 5.76. The Kier molecular flexibility index (Phi) is 5.65. The van der Waals surface area contributed by atoms with Crippen molar-refractivity contribution in [3.05, 3.63) is 77.3 Å². The SMILES string of the molecule is O=C([C@H]1CC=CC[C@H]1c1nc2ccccc2s1)N1CCN(Cc2ccccc2)CC1. The van der Waals surface area contributed by atoms with Crippen LogP contribution in [0.15, 0.2) is 66.7 Å². The van der Waals surface area contributed by atoms with Crippen LogP contribution in [0.25, 0.3) is 10.2 Å². The smallest absolute Gasteiger partial charge is 0.226 e. The van der Waals surface area contributed by atoms with E-state index in [-0.39, 0.29) is 11.8 Å². The molecule has 30 heavy (non-hydrogen) atoms. The molecule has 4 nitrogen and oxygen atoms in total. The number of allylic oxidation sites excluding steroid dienone is 2. The number of thiazole rings is 1. The van der Waals surface area contributed by atoms with Crippen LogP contribution in [0, 0.1) is 5.92 Å². The monoisotopic (exact) mass is 417 g/mol. The molecule has 5 rings (SSSR count). The van der Waals surface area contributed by atoms with Gasteiger partial charge in [0.2, 0.25) is 5.91 Å². The van der Waals surface area contributed by atoms with Crippen LogP contribution in [-0.4, -0.2) is 46.9 Å². The summed E-state index contributed by atoms with van der Waals surface area (Å²) in [6, 6.07) is 18.9. The molecule has 1 saturated heterocycles. The van der Waals surface area contributed by atoms with E-state index in [9.17, 15) is 4.79 Å². The number of carbonyl (C=O) groups is 1. The molecule has 1 fully saturated rings. The number of para-hydroxylation sites is 1. The summed E-state index contributed by atoms with van der Waals surface area (Å²) < 4.78 is 1.21. The highest BCUT2D eigenvalue weighted by Crippen LogP contribution is 2.39. The van der Waals surface area contributed by atoms with Gasteiger partial charge in [-0.05, 0) is 30.5 Å². The minimum Gasteiger partial charge on any atom is -0.340 e. The van der Waals surface area contributed by atoms with Gasteiger partial charge in [0.05, 0.1) is 21.1 Å². The first-order valence-corrected chi connectivity index (χ1v) is 11.6. The lowest BCUT2D eigenvalue weighted by Gasteiger charge is -2.38. The highest BCUT2D eigenvalue weighted by atomic mass is 32.1. The molecule has 0 radical (unpaired) electrons. The molecule has 0 N–H and O–H groups in total. The Balaban J connectivity index is 1.26. The van der Waals surface area contributed by atoms with Gasteiger partial charge in [-0.25, -0.2) is 4.98 Å². The van der Waals surface area contributed by atoms with Crippen LogP contribution in [0.3, 0.4) is 0 Å². The van der Waals surface area contributed by atoms with Crippen molar-refractivity contribution in [2.24, 2.45) is 5.92 Å². The first-order chi connectivity index (χ1) is 14.8. The highest BCUT2D eigenvalue weighted by molar-refractivity contribution is 7.18. The lowest BCUT2D eigenvalue weighted by molar-refractivity contribution is -0.138. The predicted molar refractivity (Wildman–Crippen MR) is 123 cm³/mol. The van der Waals surface area contributed by atoms with Crippen LogP contribution in [-0.2, 0) is 11.3 Å². The Morgan fingerprint density at radius 1 is 0.933 bits per heavy atom. The van der Waals surface area contributed by atoms with E-state index in [4.69, 9.17) is 4.98 Å². The van der Waals surface area contributed by atoms with Crippen LogP contribution in [0.4, 0.5) is 0 Å². The topological polar surface area (TPSA) is 36.4 Å². The third-order valence-electron chi connectivity index (χ3n) is 6.31. The van der Waals surface area contributed by atoms with Gasteiger partial charge in [-0.1, -0.05) is 54.6 Å². The average molecular weight is 418 g/mol. The molecule has 154 valence electrons.